The fourth-order valence-electron chi connectivity index (χ4n) is 4.10. The molecule has 1 aliphatic rings. The fourth-order valence-corrected chi connectivity index (χ4v) is 4.10. The molecule has 1 aromatic carbocycles. The van der Waals surface area contributed by atoms with Gasteiger partial charge in [0.25, 0.3) is 0 Å². The lowest BCUT2D eigenvalue weighted by Gasteiger charge is -2.32. The minimum Gasteiger partial charge on any atom is -0.366 e. The summed E-state index contributed by atoms with van der Waals surface area (Å²) in [6.45, 7) is 11.3. The molecule has 0 saturated carbocycles. The molecule has 0 spiro atoms. The molecule has 0 fully saturated rings. The van der Waals surface area contributed by atoms with Crippen molar-refractivity contribution in [2.24, 2.45) is 11.1 Å². The SMILES string of the molecule is CC1(C)CCc2c(-c3cc(-c4ccc(C(N)=O)cc4)n[nH]3)nn(C(C)(C)C)c2C1. The summed E-state index contributed by atoms with van der Waals surface area (Å²) in [6.07, 6.45) is 3.20. The first kappa shape index (κ1) is 19.4. The summed E-state index contributed by atoms with van der Waals surface area (Å²) in [5.74, 6) is -0.429. The molecule has 29 heavy (non-hydrogen) atoms. The lowest BCUT2D eigenvalue weighted by Crippen LogP contribution is -2.30. The Labute approximate surface area is 171 Å². The zero-order chi connectivity index (χ0) is 21.0. The van der Waals surface area contributed by atoms with Gasteiger partial charge in [-0.15, -0.1) is 0 Å². The second kappa shape index (κ2) is 6.58. The summed E-state index contributed by atoms with van der Waals surface area (Å²) in [5.41, 5.74) is 12.4. The molecule has 3 aromatic rings. The summed E-state index contributed by atoms with van der Waals surface area (Å²) < 4.78 is 2.20. The van der Waals surface area contributed by atoms with E-state index in [2.05, 4.69) is 49.5 Å². The van der Waals surface area contributed by atoms with Gasteiger partial charge < -0.3 is 5.73 Å². The van der Waals surface area contributed by atoms with Gasteiger partial charge in [0.1, 0.15) is 5.69 Å². The molecular formula is C23H29N5O. The third-order valence-electron chi connectivity index (χ3n) is 5.72. The smallest absolute Gasteiger partial charge is 0.248 e. The van der Waals surface area contributed by atoms with E-state index in [0.717, 1.165) is 41.9 Å². The van der Waals surface area contributed by atoms with E-state index in [1.54, 1.807) is 12.1 Å². The number of H-pyrrole nitrogens is 1. The average molecular weight is 392 g/mol. The summed E-state index contributed by atoms with van der Waals surface area (Å²) in [6, 6.07) is 9.22. The van der Waals surface area contributed by atoms with Crippen molar-refractivity contribution in [3.63, 3.8) is 0 Å². The van der Waals surface area contributed by atoms with E-state index in [0.29, 0.717) is 5.56 Å². The lowest BCUT2D eigenvalue weighted by molar-refractivity contribution is 0.100. The third kappa shape index (κ3) is 3.59. The highest BCUT2D eigenvalue weighted by atomic mass is 16.1. The van der Waals surface area contributed by atoms with Crippen LogP contribution >= 0.6 is 0 Å². The van der Waals surface area contributed by atoms with E-state index in [9.17, 15) is 4.79 Å². The number of fused-ring (bicyclic) bond motifs is 1. The molecular weight excluding hydrogens is 362 g/mol. The maximum atomic E-state index is 11.3. The van der Waals surface area contributed by atoms with Gasteiger partial charge in [-0.1, -0.05) is 26.0 Å². The molecule has 6 nitrogen and oxygen atoms in total. The quantitative estimate of drug-likeness (QED) is 0.697. The van der Waals surface area contributed by atoms with Crippen molar-refractivity contribution >= 4 is 5.91 Å². The molecule has 6 heteroatoms. The second-order valence-electron chi connectivity index (χ2n) is 9.81. The van der Waals surface area contributed by atoms with E-state index < -0.39 is 5.91 Å². The number of nitrogens with two attached hydrogens (primary N) is 1. The molecule has 0 unspecified atom stereocenters. The van der Waals surface area contributed by atoms with Crippen molar-refractivity contribution < 1.29 is 4.79 Å². The summed E-state index contributed by atoms with van der Waals surface area (Å²) in [4.78, 5) is 11.3. The molecule has 0 atom stereocenters. The van der Waals surface area contributed by atoms with Crippen molar-refractivity contribution in [3.05, 3.63) is 47.2 Å². The lowest BCUT2D eigenvalue weighted by atomic mass is 9.76. The molecule has 0 saturated heterocycles. The third-order valence-corrected chi connectivity index (χ3v) is 5.72. The number of amides is 1. The number of rotatable bonds is 3. The highest BCUT2D eigenvalue weighted by Gasteiger charge is 2.34. The van der Waals surface area contributed by atoms with Gasteiger partial charge in [-0.2, -0.15) is 10.2 Å². The minimum atomic E-state index is -0.429. The van der Waals surface area contributed by atoms with E-state index in [4.69, 9.17) is 10.8 Å². The van der Waals surface area contributed by atoms with Crippen LogP contribution in [0.25, 0.3) is 22.6 Å². The Hall–Kier alpha value is -2.89. The van der Waals surface area contributed by atoms with E-state index in [1.807, 2.05) is 18.2 Å². The Kier molecular flexibility index (Phi) is 4.41. The van der Waals surface area contributed by atoms with Crippen molar-refractivity contribution in [2.45, 2.75) is 59.4 Å². The molecule has 1 amide bonds. The van der Waals surface area contributed by atoms with Gasteiger partial charge in [-0.25, -0.2) is 0 Å². The minimum absolute atomic E-state index is 0.0802. The Morgan fingerprint density at radius 1 is 1.21 bits per heavy atom. The Balaban J connectivity index is 1.75. The molecule has 0 bridgehead atoms. The number of hydrogen-bond acceptors (Lipinski definition) is 3. The first-order valence-electron chi connectivity index (χ1n) is 10.1. The highest BCUT2D eigenvalue weighted by molar-refractivity contribution is 5.93. The fraction of sp³-hybridized carbons (Fsp3) is 0.435. The van der Waals surface area contributed by atoms with Crippen LogP contribution in [-0.2, 0) is 18.4 Å². The monoisotopic (exact) mass is 391 g/mol. The van der Waals surface area contributed by atoms with E-state index >= 15 is 0 Å². The van der Waals surface area contributed by atoms with E-state index in [-0.39, 0.29) is 11.0 Å². The number of nitrogens with zero attached hydrogens (tertiary/aromatic N) is 3. The second-order valence-corrected chi connectivity index (χ2v) is 9.81. The molecule has 4 rings (SSSR count). The molecule has 0 radical (unpaired) electrons. The summed E-state index contributed by atoms with van der Waals surface area (Å²) >= 11 is 0. The van der Waals surface area contributed by atoms with Gasteiger partial charge in [0.2, 0.25) is 5.91 Å². The number of primary amides is 1. The topological polar surface area (TPSA) is 89.6 Å². The first-order valence-corrected chi connectivity index (χ1v) is 10.1. The number of hydrogen-bond donors (Lipinski definition) is 2. The van der Waals surface area contributed by atoms with Gasteiger partial charge in [0, 0.05) is 22.4 Å². The largest absolute Gasteiger partial charge is 0.366 e. The summed E-state index contributed by atoms with van der Waals surface area (Å²) in [5, 5.41) is 12.7. The maximum absolute atomic E-state index is 11.3. The van der Waals surface area contributed by atoms with Crippen LogP contribution in [0.5, 0.6) is 0 Å². The van der Waals surface area contributed by atoms with Crippen molar-refractivity contribution in [2.75, 3.05) is 0 Å². The number of aromatic amines is 1. The van der Waals surface area contributed by atoms with Crippen LogP contribution in [0.3, 0.4) is 0 Å². The zero-order valence-corrected chi connectivity index (χ0v) is 17.8. The van der Waals surface area contributed by atoms with Crippen LogP contribution in [0.15, 0.2) is 30.3 Å². The predicted molar refractivity (Wildman–Crippen MR) is 115 cm³/mol. The molecule has 2 heterocycles. The van der Waals surface area contributed by atoms with Crippen LogP contribution in [0, 0.1) is 5.41 Å². The number of aromatic nitrogens is 4. The number of carbonyl (C=O) groups is 1. The van der Waals surface area contributed by atoms with Crippen LogP contribution in [0.2, 0.25) is 0 Å². The standard InChI is InChI=1S/C23H29N5O/c1-22(2,3)28-19-13-23(4,5)11-10-16(19)20(27-28)18-12-17(25-26-18)14-6-8-15(9-7-14)21(24)29/h6-9,12H,10-11,13H2,1-5H3,(H2,24,29)(H,25,26). The van der Waals surface area contributed by atoms with Crippen molar-refractivity contribution in [3.8, 4) is 22.6 Å². The predicted octanol–water partition coefficient (Wildman–Crippen LogP) is 4.31. The Morgan fingerprint density at radius 3 is 2.52 bits per heavy atom. The van der Waals surface area contributed by atoms with Crippen molar-refractivity contribution in [1.82, 2.24) is 20.0 Å². The molecule has 3 N–H and O–H groups in total. The summed E-state index contributed by atoms with van der Waals surface area (Å²) in [7, 11) is 0. The molecule has 1 aliphatic carbocycles. The number of nitrogens with one attached hydrogen (secondary N) is 1. The van der Waals surface area contributed by atoms with Crippen LogP contribution < -0.4 is 5.73 Å². The van der Waals surface area contributed by atoms with Gasteiger partial charge in [-0.3, -0.25) is 14.6 Å². The van der Waals surface area contributed by atoms with Crippen molar-refractivity contribution in [1.29, 1.82) is 0 Å². The molecule has 0 aliphatic heterocycles. The van der Waals surface area contributed by atoms with Gasteiger partial charge >= 0.3 is 0 Å². The maximum Gasteiger partial charge on any atom is 0.248 e. The molecule has 2 aromatic heterocycles. The number of carbonyl (C=O) groups excluding carboxylic acids is 1. The Morgan fingerprint density at radius 2 is 1.90 bits per heavy atom. The van der Waals surface area contributed by atoms with Gasteiger partial charge in [0.15, 0.2) is 0 Å². The Bertz CT molecular complexity index is 1060. The van der Waals surface area contributed by atoms with Gasteiger partial charge in [0.05, 0.1) is 16.9 Å². The first-order chi connectivity index (χ1) is 13.5. The van der Waals surface area contributed by atoms with Crippen LogP contribution in [-0.4, -0.2) is 25.9 Å². The van der Waals surface area contributed by atoms with E-state index in [1.165, 1.54) is 11.3 Å². The average Bonchev–Trinajstić information content (AvgIpc) is 3.24. The zero-order valence-electron chi connectivity index (χ0n) is 17.8. The number of benzene rings is 1. The normalized spacial score (nSPS) is 15.9. The van der Waals surface area contributed by atoms with Gasteiger partial charge in [-0.05, 0) is 63.6 Å². The molecule has 152 valence electrons. The van der Waals surface area contributed by atoms with Crippen LogP contribution in [0.4, 0.5) is 0 Å². The van der Waals surface area contributed by atoms with Crippen LogP contribution in [0.1, 0.15) is 62.7 Å². The highest BCUT2D eigenvalue weighted by Crippen LogP contribution is 2.40.